The Balaban J connectivity index is 1.18. The number of hydrogen-bond acceptors (Lipinski definition) is 6. The fourth-order valence-electron chi connectivity index (χ4n) is 4.27. The number of rotatable bonds is 7. The summed E-state index contributed by atoms with van der Waals surface area (Å²) in [5.74, 6) is -0.212. The van der Waals surface area contributed by atoms with E-state index in [0.717, 1.165) is 43.6 Å². The van der Waals surface area contributed by atoms with E-state index < -0.39 is 22.3 Å². The third-order valence-electron chi connectivity index (χ3n) is 5.87. The van der Waals surface area contributed by atoms with Crippen LogP contribution in [0.2, 0.25) is 0 Å². The third-order valence-corrected chi connectivity index (χ3v) is 5.87. The van der Waals surface area contributed by atoms with Gasteiger partial charge in [0.05, 0.1) is 24.8 Å². The van der Waals surface area contributed by atoms with Gasteiger partial charge in [0.1, 0.15) is 11.8 Å². The molecule has 0 spiro atoms. The van der Waals surface area contributed by atoms with Crippen LogP contribution in [0.1, 0.15) is 30.9 Å². The number of likely N-dealkylation sites (tertiary alicyclic amines) is 1. The summed E-state index contributed by atoms with van der Waals surface area (Å²) < 4.78 is 51.4. The maximum Gasteiger partial charge on any atom is 0.416 e. The Bertz CT molecular complexity index is 929. The zero-order chi connectivity index (χ0) is 22.9. The van der Waals surface area contributed by atoms with Crippen LogP contribution in [-0.2, 0) is 23.9 Å². The summed E-state index contributed by atoms with van der Waals surface area (Å²) in [5.41, 5.74) is -0.316. The highest BCUT2D eigenvalue weighted by atomic mass is 19.4. The molecule has 1 aromatic heterocycles. The largest absolute Gasteiger partial charge is 0.436 e. The van der Waals surface area contributed by atoms with E-state index in [1.165, 1.54) is 18.3 Å². The molecule has 0 aliphatic carbocycles. The predicted octanol–water partition coefficient (Wildman–Crippen LogP) is 3.68. The Kier molecular flexibility index (Phi) is 6.13. The van der Waals surface area contributed by atoms with E-state index in [-0.39, 0.29) is 17.9 Å². The zero-order valence-corrected chi connectivity index (χ0v) is 17.7. The fraction of sp³-hybridized carbons (Fsp3) is 0.571. The number of benzene rings is 1. The number of fused-ring (bicyclic) bond motifs is 1. The van der Waals surface area contributed by atoms with E-state index >= 15 is 0 Å². The molecule has 3 heterocycles. The molecule has 0 amide bonds. The molecule has 0 radical (unpaired) electrons. The first-order valence-corrected chi connectivity index (χ1v) is 10.5. The number of ether oxygens (including phenoxy) is 2. The van der Waals surface area contributed by atoms with Gasteiger partial charge < -0.3 is 19.6 Å². The standard InChI is InChI=1S/C21H25F3N4O4/c1-20(14-27-12-18(28(29)30)25-19(27)32-20)13-26-9-6-17(7-10-26)31-11-8-15-2-4-16(5-3-15)21(22,23)24/h2-5,12,17H,6-11,13-14H2,1H3/t20-/m0/s1. The summed E-state index contributed by atoms with van der Waals surface area (Å²) in [6.07, 6.45) is -0.504. The van der Waals surface area contributed by atoms with Gasteiger partial charge in [0, 0.05) is 24.6 Å². The molecule has 0 unspecified atom stereocenters. The molecule has 0 N–H and O–H groups in total. The predicted molar refractivity (Wildman–Crippen MR) is 108 cm³/mol. The molecule has 1 saturated heterocycles. The second-order valence-corrected chi connectivity index (χ2v) is 8.61. The number of halogens is 3. The summed E-state index contributed by atoms with van der Waals surface area (Å²) in [4.78, 5) is 16.5. The van der Waals surface area contributed by atoms with Crippen LogP contribution in [0.3, 0.4) is 0 Å². The lowest BCUT2D eigenvalue weighted by Crippen LogP contribution is -2.48. The first kappa shape index (κ1) is 22.5. The van der Waals surface area contributed by atoms with Crippen LogP contribution in [0.4, 0.5) is 19.0 Å². The Morgan fingerprint density at radius 2 is 1.97 bits per heavy atom. The molecule has 1 atom stereocenters. The lowest BCUT2D eigenvalue weighted by atomic mass is 10.0. The molecule has 2 aromatic rings. The van der Waals surface area contributed by atoms with Crippen LogP contribution < -0.4 is 4.74 Å². The number of nitro groups is 1. The Hall–Kier alpha value is -2.66. The SMILES string of the molecule is C[C@]1(CN2CCC(OCCc3ccc(C(F)(F)F)cc3)CC2)Cn2cc([N+](=O)[O-])nc2O1. The van der Waals surface area contributed by atoms with Crippen LogP contribution in [0.5, 0.6) is 6.01 Å². The molecule has 2 aliphatic rings. The van der Waals surface area contributed by atoms with E-state index in [0.29, 0.717) is 26.1 Å². The number of piperidine rings is 1. The molecule has 8 nitrogen and oxygen atoms in total. The monoisotopic (exact) mass is 454 g/mol. The first-order chi connectivity index (χ1) is 15.1. The molecule has 32 heavy (non-hydrogen) atoms. The second-order valence-electron chi connectivity index (χ2n) is 8.61. The summed E-state index contributed by atoms with van der Waals surface area (Å²) in [6.45, 7) is 5.31. The second kappa shape index (κ2) is 8.70. The van der Waals surface area contributed by atoms with Crippen molar-refractivity contribution in [3.05, 3.63) is 51.7 Å². The lowest BCUT2D eigenvalue weighted by molar-refractivity contribution is -0.389. The van der Waals surface area contributed by atoms with E-state index in [1.807, 2.05) is 6.92 Å². The molecule has 0 bridgehead atoms. The number of imidazole rings is 1. The average Bonchev–Trinajstić information content (AvgIpc) is 3.24. The zero-order valence-electron chi connectivity index (χ0n) is 17.7. The van der Waals surface area contributed by atoms with Gasteiger partial charge in [0.2, 0.25) is 0 Å². The smallest absolute Gasteiger partial charge is 0.416 e. The fourth-order valence-corrected chi connectivity index (χ4v) is 4.27. The normalized spacial score (nSPS) is 22.0. The van der Waals surface area contributed by atoms with Crippen molar-refractivity contribution in [2.75, 3.05) is 26.2 Å². The van der Waals surface area contributed by atoms with Gasteiger partial charge in [0.15, 0.2) is 0 Å². The van der Waals surface area contributed by atoms with Crippen molar-refractivity contribution in [2.45, 2.75) is 50.6 Å². The minimum Gasteiger partial charge on any atom is -0.436 e. The number of aromatic nitrogens is 2. The quantitative estimate of drug-likeness (QED) is 0.469. The molecule has 4 rings (SSSR count). The average molecular weight is 454 g/mol. The highest BCUT2D eigenvalue weighted by Crippen LogP contribution is 2.32. The lowest BCUT2D eigenvalue weighted by Gasteiger charge is -2.36. The van der Waals surface area contributed by atoms with Crippen LogP contribution in [-0.4, -0.2) is 57.3 Å². The van der Waals surface area contributed by atoms with Crippen molar-refractivity contribution in [3.8, 4) is 6.01 Å². The molecular formula is C21H25F3N4O4. The highest BCUT2D eigenvalue weighted by Gasteiger charge is 2.42. The van der Waals surface area contributed by atoms with E-state index in [9.17, 15) is 23.3 Å². The van der Waals surface area contributed by atoms with Crippen molar-refractivity contribution in [1.29, 1.82) is 0 Å². The molecule has 174 valence electrons. The molecular weight excluding hydrogens is 429 g/mol. The summed E-state index contributed by atoms with van der Waals surface area (Å²) >= 11 is 0. The molecule has 2 aliphatic heterocycles. The van der Waals surface area contributed by atoms with Crippen molar-refractivity contribution in [2.24, 2.45) is 0 Å². The van der Waals surface area contributed by atoms with Gasteiger partial charge in [-0.15, -0.1) is 0 Å². The molecule has 0 saturated carbocycles. The first-order valence-electron chi connectivity index (χ1n) is 10.5. The van der Waals surface area contributed by atoms with Crippen molar-refractivity contribution >= 4 is 5.82 Å². The van der Waals surface area contributed by atoms with Gasteiger partial charge in [-0.05, 0) is 48.8 Å². The minimum absolute atomic E-state index is 0.121. The molecule has 1 aromatic carbocycles. The van der Waals surface area contributed by atoms with Gasteiger partial charge >= 0.3 is 18.0 Å². The van der Waals surface area contributed by atoms with Crippen molar-refractivity contribution in [3.63, 3.8) is 0 Å². The van der Waals surface area contributed by atoms with E-state index in [1.54, 1.807) is 4.57 Å². The van der Waals surface area contributed by atoms with Gasteiger partial charge in [-0.1, -0.05) is 12.1 Å². The Labute approximate surface area is 183 Å². The highest BCUT2D eigenvalue weighted by molar-refractivity contribution is 5.25. The molecule has 1 fully saturated rings. The van der Waals surface area contributed by atoms with Crippen LogP contribution in [0.25, 0.3) is 0 Å². The van der Waals surface area contributed by atoms with Crippen molar-refractivity contribution < 1.29 is 27.6 Å². The topological polar surface area (TPSA) is 82.7 Å². The number of alkyl halides is 3. The van der Waals surface area contributed by atoms with E-state index in [2.05, 4.69) is 9.88 Å². The number of nitrogens with zero attached hydrogens (tertiary/aromatic N) is 4. The maximum absolute atomic E-state index is 12.6. The van der Waals surface area contributed by atoms with Crippen LogP contribution >= 0.6 is 0 Å². The van der Waals surface area contributed by atoms with Crippen molar-refractivity contribution in [1.82, 2.24) is 14.5 Å². The van der Waals surface area contributed by atoms with Crippen LogP contribution in [0.15, 0.2) is 30.5 Å². The Morgan fingerprint density at radius 1 is 1.28 bits per heavy atom. The summed E-state index contributed by atoms with van der Waals surface area (Å²) in [7, 11) is 0. The van der Waals surface area contributed by atoms with Gasteiger partial charge in [-0.25, -0.2) is 0 Å². The molecule has 11 heteroatoms. The summed E-state index contributed by atoms with van der Waals surface area (Å²) in [6, 6.07) is 5.47. The minimum atomic E-state index is -4.32. The van der Waals surface area contributed by atoms with E-state index in [4.69, 9.17) is 9.47 Å². The van der Waals surface area contributed by atoms with Gasteiger partial charge in [-0.3, -0.25) is 9.47 Å². The van der Waals surface area contributed by atoms with Gasteiger partial charge in [0.25, 0.3) is 0 Å². The number of hydrogen-bond donors (Lipinski definition) is 0. The maximum atomic E-state index is 12.6. The third kappa shape index (κ3) is 5.21. The van der Waals surface area contributed by atoms with Crippen LogP contribution in [0, 0.1) is 10.1 Å². The van der Waals surface area contributed by atoms with Gasteiger partial charge in [-0.2, -0.15) is 13.2 Å². The summed E-state index contributed by atoms with van der Waals surface area (Å²) in [5, 5.41) is 10.8. The Morgan fingerprint density at radius 3 is 2.56 bits per heavy atom.